The van der Waals surface area contributed by atoms with Gasteiger partial charge in [-0.2, -0.15) is 0 Å². The fraction of sp³-hybridized carbons (Fsp3) is 0.400. The van der Waals surface area contributed by atoms with Crippen LogP contribution in [0.1, 0.15) is 19.4 Å². The summed E-state index contributed by atoms with van der Waals surface area (Å²) in [6.07, 6.45) is 0.0181. The third kappa shape index (κ3) is 4.20. The zero-order chi connectivity index (χ0) is 9.68. The summed E-state index contributed by atoms with van der Waals surface area (Å²) >= 11 is -1.20. The second-order valence-electron chi connectivity index (χ2n) is 3.08. The molecule has 3 heteroatoms. The molecule has 0 aromatic heterocycles. The largest absolute Gasteiger partial charge is 0.288 e. The van der Waals surface area contributed by atoms with E-state index in [1.54, 1.807) is 0 Å². The summed E-state index contributed by atoms with van der Waals surface area (Å²) in [7, 11) is 0. The lowest BCUT2D eigenvalue weighted by atomic mass is 10.2. The fourth-order valence-electron chi connectivity index (χ4n) is 0.959. The molecule has 0 radical (unpaired) electrons. The van der Waals surface area contributed by atoms with Crippen molar-refractivity contribution in [3.63, 3.8) is 0 Å². The van der Waals surface area contributed by atoms with E-state index in [2.05, 4.69) is 0 Å². The molecule has 0 saturated carbocycles. The summed E-state index contributed by atoms with van der Waals surface area (Å²) in [6, 6.07) is 9.70. The van der Waals surface area contributed by atoms with E-state index in [0.717, 1.165) is 5.56 Å². The normalized spacial score (nSPS) is 13.2. The van der Waals surface area contributed by atoms with Crippen molar-refractivity contribution in [2.24, 2.45) is 0 Å². The molecule has 0 amide bonds. The van der Waals surface area contributed by atoms with Crippen LogP contribution in [-0.2, 0) is 21.0 Å². The Bertz CT molecular complexity index is 270. The SMILES string of the molecule is CC(C)OS(=O)Cc1ccccc1. The summed E-state index contributed by atoms with van der Waals surface area (Å²) in [4.78, 5) is 0. The highest BCUT2D eigenvalue weighted by atomic mass is 32.2. The Morgan fingerprint density at radius 3 is 2.46 bits per heavy atom. The van der Waals surface area contributed by atoms with Crippen LogP contribution in [0, 0.1) is 0 Å². The van der Waals surface area contributed by atoms with Crippen LogP contribution in [0.2, 0.25) is 0 Å². The van der Waals surface area contributed by atoms with E-state index >= 15 is 0 Å². The molecule has 0 aliphatic heterocycles. The Morgan fingerprint density at radius 1 is 1.31 bits per heavy atom. The Labute approximate surface area is 81.6 Å². The van der Waals surface area contributed by atoms with Gasteiger partial charge in [-0.1, -0.05) is 30.3 Å². The summed E-state index contributed by atoms with van der Waals surface area (Å²) in [5.74, 6) is 0.471. The third-order valence-corrected chi connectivity index (χ3v) is 2.60. The lowest BCUT2D eigenvalue weighted by molar-refractivity contribution is 0.269. The monoisotopic (exact) mass is 198 g/mol. The van der Waals surface area contributed by atoms with Crippen molar-refractivity contribution in [1.29, 1.82) is 0 Å². The standard InChI is InChI=1S/C10H14O2S/c1-9(2)12-13(11)8-10-6-4-3-5-7-10/h3-7,9H,8H2,1-2H3. The van der Waals surface area contributed by atoms with Crippen molar-refractivity contribution >= 4 is 11.1 Å². The van der Waals surface area contributed by atoms with Gasteiger partial charge in [0.25, 0.3) is 0 Å². The van der Waals surface area contributed by atoms with Crippen molar-refractivity contribution in [2.45, 2.75) is 25.7 Å². The molecule has 0 fully saturated rings. The van der Waals surface area contributed by atoms with E-state index in [4.69, 9.17) is 4.18 Å². The molecule has 0 N–H and O–H groups in total. The van der Waals surface area contributed by atoms with Crippen LogP contribution in [-0.4, -0.2) is 10.3 Å². The maximum atomic E-state index is 11.3. The van der Waals surface area contributed by atoms with Crippen LogP contribution in [0.25, 0.3) is 0 Å². The molecule has 0 heterocycles. The molecule has 1 rings (SSSR count). The first-order valence-corrected chi connectivity index (χ1v) is 5.52. The number of hydrogen-bond donors (Lipinski definition) is 0. The first-order chi connectivity index (χ1) is 6.18. The molecule has 72 valence electrons. The minimum absolute atomic E-state index is 0.0181. The fourth-order valence-corrected chi connectivity index (χ4v) is 1.92. The van der Waals surface area contributed by atoms with Gasteiger partial charge in [-0.15, -0.1) is 0 Å². The number of hydrogen-bond acceptors (Lipinski definition) is 2. The molecule has 0 aliphatic rings. The summed E-state index contributed by atoms with van der Waals surface area (Å²) in [6.45, 7) is 3.76. The first-order valence-electron chi connectivity index (χ1n) is 4.28. The molecule has 0 bridgehead atoms. The smallest absolute Gasteiger partial charge is 0.160 e. The summed E-state index contributed by atoms with van der Waals surface area (Å²) in [5.41, 5.74) is 1.04. The third-order valence-electron chi connectivity index (χ3n) is 1.43. The molecule has 2 nitrogen and oxygen atoms in total. The van der Waals surface area contributed by atoms with Crippen molar-refractivity contribution < 1.29 is 8.39 Å². The molecule has 0 spiro atoms. The van der Waals surface area contributed by atoms with Gasteiger partial charge in [0.15, 0.2) is 11.1 Å². The summed E-state index contributed by atoms with van der Waals surface area (Å²) < 4.78 is 16.4. The summed E-state index contributed by atoms with van der Waals surface area (Å²) in [5, 5.41) is 0. The van der Waals surface area contributed by atoms with Crippen molar-refractivity contribution in [3.8, 4) is 0 Å². The van der Waals surface area contributed by atoms with E-state index in [9.17, 15) is 4.21 Å². The molecule has 0 saturated heterocycles. The van der Waals surface area contributed by atoms with Crippen LogP contribution in [0.15, 0.2) is 30.3 Å². The van der Waals surface area contributed by atoms with Crippen LogP contribution in [0.3, 0.4) is 0 Å². The molecule has 1 aromatic rings. The maximum Gasteiger partial charge on any atom is 0.160 e. The van der Waals surface area contributed by atoms with Gasteiger partial charge in [0.05, 0.1) is 11.9 Å². The van der Waals surface area contributed by atoms with Gasteiger partial charge in [-0.3, -0.25) is 4.18 Å². The van der Waals surface area contributed by atoms with Gasteiger partial charge >= 0.3 is 0 Å². The Kier molecular flexibility index (Phi) is 4.12. The van der Waals surface area contributed by atoms with Crippen molar-refractivity contribution in [1.82, 2.24) is 0 Å². The number of rotatable bonds is 4. The minimum Gasteiger partial charge on any atom is -0.288 e. The van der Waals surface area contributed by atoms with E-state index in [1.807, 2.05) is 44.2 Å². The molecule has 13 heavy (non-hydrogen) atoms. The zero-order valence-electron chi connectivity index (χ0n) is 7.90. The highest BCUT2D eigenvalue weighted by molar-refractivity contribution is 7.79. The maximum absolute atomic E-state index is 11.3. The highest BCUT2D eigenvalue weighted by Gasteiger charge is 2.03. The van der Waals surface area contributed by atoms with Gasteiger partial charge in [0.2, 0.25) is 0 Å². The average Bonchev–Trinajstić information content (AvgIpc) is 2.04. The average molecular weight is 198 g/mol. The molecular weight excluding hydrogens is 184 g/mol. The van der Waals surface area contributed by atoms with Gasteiger partial charge in [-0.25, -0.2) is 4.21 Å². The van der Waals surface area contributed by atoms with Crippen LogP contribution in [0.5, 0.6) is 0 Å². The van der Waals surface area contributed by atoms with Gasteiger partial charge in [-0.05, 0) is 19.4 Å². The lowest BCUT2D eigenvalue weighted by Gasteiger charge is -2.05. The molecule has 1 atom stereocenters. The molecule has 1 unspecified atom stereocenters. The van der Waals surface area contributed by atoms with Crippen LogP contribution in [0.4, 0.5) is 0 Å². The predicted octanol–water partition coefficient (Wildman–Crippen LogP) is 2.28. The molecule has 1 aromatic carbocycles. The first kappa shape index (κ1) is 10.4. The predicted molar refractivity (Wildman–Crippen MR) is 54.5 cm³/mol. The molecule has 0 aliphatic carbocycles. The lowest BCUT2D eigenvalue weighted by Crippen LogP contribution is -2.07. The van der Waals surface area contributed by atoms with E-state index in [-0.39, 0.29) is 6.10 Å². The Hall–Kier alpha value is -0.670. The van der Waals surface area contributed by atoms with Crippen molar-refractivity contribution in [2.75, 3.05) is 0 Å². The van der Waals surface area contributed by atoms with E-state index in [1.165, 1.54) is 0 Å². The Morgan fingerprint density at radius 2 is 1.92 bits per heavy atom. The number of benzene rings is 1. The van der Waals surface area contributed by atoms with E-state index in [0.29, 0.717) is 5.75 Å². The van der Waals surface area contributed by atoms with E-state index < -0.39 is 11.1 Å². The van der Waals surface area contributed by atoms with Gasteiger partial charge in [0, 0.05) is 0 Å². The Balaban J connectivity index is 2.46. The topological polar surface area (TPSA) is 26.3 Å². The van der Waals surface area contributed by atoms with Gasteiger partial charge in [0.1, 0.15) is 0 Å². The molecular formula is C10H14O2S. The highest BCUT2D eigenvalue weighted by Crippen LogP contribution is 2.05. The minimum atomic E-state index is -1.20. The zero-order valence-corrected chi connectivity index (χ0v) is 8.71. The van der Waals surface area contributed by atoms with Crippen LogP contribution < -0.4 is 0 Å². The van der Waals surface area contributed by atoms with Gasteiger partial charge < -0.3 is 0 Å². The quantitative estimate of drug-likeness (QED) is 0.742. The van der Waals surface area contributed by atoms with Crippen molar-refractivity contribution in [3.05, 3.63) is 35.9 Å². The second kappa shape index (κ2) is 5.14. The van der Waals surface area contributed by atoms with Crippen LogP contribution >= 0.6 is 0 Å². The second-order valence-corrected chi connectivity index (χ2v) is 4.17.